The number of benzene rings is 1. The van der Waals surface area contributed by atoms with Crippen LogP contribution in [0.1, 0.15) is 57.9 Å². The van der Waals surface area contributed by atoms with Gasteiger partial charge in [-0.2, -0.15) is 0 Å². The predicted molar refractivity (Wildman–Crippen MR) is 106 cm³/mol. The number of ether oxygens (including phenoxy) is 1. The van der Waals surface area contributed by atoms with E-state index >= 15 is 0 Å². The van der Waals surface area contributed by atoms with Gasteiger partial charge in [-0.25, -0.2) is 4.79 Å². The van der Waals surface area contributed by atoms with Crippen LogP contribution in [0.2, 0.25) is 0 Å². The van der Waals surface area contributed by atoms with Crippen LogP contribution < -0.4 is 10.6 Å². The average Bonchev–Trinajstić information content (AvgIpc) is 3.45. The number of esters is 1. The fourth-order valence-electron chi connectivity index (χ4n) is 3.29. The van der Waals surface area contributed by atoms with Crippen molar-refractivity contribution in [2.75, 3.05) is 18.5 Å². The molecule has 1 aliphatic carbocycles. The van der Waals surface area contributed by atoms with E-state index in [1.54, 1.807) is 24.3 Å². The van der Waals surface area contributed by atoms with E-state index in [0.717, 1.165) is 24.2 Å². The van der Waals surface area contributed by atoms with Gasteiger partial charge in [0.15, 0.2) is 6.61 Å². The van der Waals surface area contributed by atoms with Crippen LogP contribution in [-0.4, -0.2) is 35.5 Å². The Balaban J connectivity index is 1.57. The lowest BCUT2D eigenvalue weighted by Gasteiger charge is -2.09. The minimum Gasteiger partial charge on any atom is -0.452 e. The summed E-state index contributed by atoms with van der Waals surface area (Å²) in [5.74, 6) is -1.18. The molecule has 1 saturated carbocycles. The van der Waals surface area contributed by atoms with E-state index in [9.17, 15) is 14.4 Å². The molecule has 2 amide bonds. The van der Waals surface area contributed by atoms with Crippen LogP contribution in [0.4, 0.5) is 5.69 Å². The summed E-state index contributed by atoms with van der Waals surface area (Å²) in [5, 5.41) is 5.35. The smallest absolute Gasteiger partial charge is 0.340 e. The first-order valence-corrected chi connectivity index (χ1v) is 9.44. The third-order valence-corrected chi connectivity index (χ3v) is 4.70. The average molecular weight is 383 g/mol. The Morgan fingerprint density at radius 3 is 2.61 bits per heavy atom. The van der Waals surface area contributed by atoms with Gasteiger partial charge in [0, 0.05) is 35.2 Å². The molecule has 148 valence electrons. The number of hydrogen-bond donors (Lipinski definition) is 2. The van der Waals surface area contributed by atoms with Gasteiger partial charge in [-0.05, 0) is 57.9 Å². The molecule has 0 spiro atoms. The number of amides is 2. The Labute approximate surface area is 164 Å². The molecule has 1 fully saturated rings. The van der Waals surface area contributed by atoms with Gasteiger partial charge in [-0.15, -0.1) is 0 Å². The fourth-order valence-corrected chi connectivity index (χ4v) is 3.29. The molecule has 1 aromatic heterocycles. The summed E-state index contributed by atoms with van der Waals surface area (Å²) in [7, 11) is 0. The van der Waals surface area contributed by atoms with Crippen molar-refractivity contribution in [1.29, 1.82) is 0 Å². The second-order valence-electron chi connectivity index (χ2n) is 6.95. The monoisotopic (exact) mass is 383 g/mol. The molecule has 0 atom stereocenters. The third-order valence-electron chi connectivity index (χ3n) is 4.70. The zero-order valence-corrected chi connectivity index (χ0v) is 16.4. The highest BCUT2D eigenvalue weighted by Crippen LogP contribution is 2.38. The summed E-state index contributed by atoms with van der Waals surface area (Å²) in [5.41, 5.74) is 3.31. The minimum atomic E-state index is -0.508. The van der Waals surface area contributed by atoms with Crippen molar-refractivity contribution in [3.8, 4) is 0 Å². The number of nitrogens with one attached hydrogen (secondary N) is 2. The summed E-state index contributed by atoms with van der Waals surface area (Å²) >= 11 is 0. The highest BCUT2D eigenvalue weighted by molar-refractivity contribution is 5.98. The minimum absolute atomic E-state index is 0.212. The molecular formula is C21H25N3O4. The molecule has 2 aromatic rings. The van der Waals surface area contributed by atoms with Crippen LogP contribution in [0.5, 0.6) is 0 Å². The van der Waals surface area contributed by atoms with Crippen LogP contribution in [0.3, 0.4) is 0 Å². The van der Waals surface area contributed by atoms with Gasteiger partial charge in [0.2, 0.25) is 0 Å². The van der Waals surface area contributed by atoms with Crippen LogP contribution in [0, 0.1) is 13.8 Å². The maximum absolute atomic E-state index is 12.4. The van der Waals surface area contributed by atoms with Crippen LogP contribution in [0.25, 0.3) is 0 Å². The topological polar surface area (TPSA) is 89.4 Å². The van der Waals surface area contributed by atoms with Gasteiger partial charge in [-0.1, -0.05) is 6.07 Å². The van der Waals surface area contributed by atoms with E-state index in [1.807, 2.05) is 26.8 Å². The van der Waals surface area contributed by atoms with Gasteiger partial charge < -0.3 is 19.9 Å². The number of carbonyl (C=O) groups is 3. The first-order valence-electron chi connectivity index (χ1n) is 9.44. The molecule has 0 bridgehead atoms. The predicted octanol–water partition coefficient (Wildman–Crippen LogP) is 2.99. The molecule has 1 aliphatic rings. The second-order valence-corrected chi connectivity index (χ2v) is 6.95. The SMILES string of the molecule is CCNC(=O)c1cccc(NC(=O)COC(=O)c2cc(C)n(C3CC3)c2C)c1. The van der Waals surface area contributed by atoms with Crippen molar-refractivity contribution in [1.82, 2.24) is 9.88 Å². The zero-order chi connectivity index (χ0) is 20.3. The Morgan fingerprint density at radius 2 is 1.93 bits per heavy atom. The van der Waals surface area contributed by atoms with Crippen LogP contribution in [-0.2, 0) is 9.53 Å². The van der Waals surface area contributed by atoms with Gasteiger partial charge in [-0.3, -0.25) is 9.59 Å². The first-order chi connectivity index (χ1) is 13.4. The molecule has 1 aromatic carbocycles. The standard InChI is InChI=1S/C21H25N3O4/c1-4-22-20(26)15-6-5-7-16(11-15)23-19(25)12-28-21(27)18-10-13(2)24(14(18)3)17-8-9-17/h5-7,10-11,17H,4,8-9,12H2,1-3H3,(H,22,26)(H,23,25). The molecule has 0 radical (unpaired) electrons. The highest BCUT2D eigenvalue weighted by atomic mass is 16.5. The van der Waals surface area contributed by atoms with Crippen molar-refractivity contribution in [3.63, 3.8) is 0 Å². The van der Waals surface area contributed by atoms with E-state index in [-0.39, 0.29) is 5.91 Å². The number of aromatic nitrogens is 1. The summed E-state index contributed by atoms with van der Waals surface area (Å²) < 4.78 is 7.34. The normalized spacial score (nSPS) is 13.1. The quantitative estimate of drug-likeness (QED) is 0.720. The van der Waals surface area contributed by atoms with E-state index in [0.29, 0.717) is 29.4 Å². The number of anilines is 1. The molecule has 0 unspecified atom stereocenters. The van der Waals surface area contributed by atoms with Crippen molar-refractivity contribution < 1.29 is 19.1 Å². The fraction of sp³-hybridized carbons (Fsp3) is 0.381. The van der Waals surface area contributed by atoms with Gasteiger partial charge >= 0.3 is 5.97 Å². The van der Waals surface area contributed by atoms with Gasteiger partial charge in [0.1, 0.15) is 0 Å². The lowest BCUT2D eigenvalue weighted by molar-refractivity contribution is -0.119. The lowest BCUT2D eigenvalue weighted by Crippen LogP contribution is -2.23. The first kappa shape index (κ1) is 19.7. The number of nitrogens with zero attached hydrogens (tertiary/aromatic N) is 1. The lowest BCUT2D eigenvalue weighted by atomic mass is 10.2. The van der Waals surface area contributed by atoms with Crippen molar-refractivity contribution >= 4 is 23.5 Å². The summed E-state index contributed by atoms with van der Waals surface area (Å²) in [6, 6.07) is 8.88. The number of rotatable bonds is 7. The summed E-state index contributed by atoms with van der Waals surface area (Å²) in [4.78, 5) is 36.4. The molecule has 2 N–H and O–H groups in total. The van der Waals surface area contributed by atoms with E-state index < -0.39 is 18.5 Å². The van der Waals surface area contributed by atoms with Crippen molar-refractivity contribution in [3.05, 3.63) is 52.8 Å². The maximum atomic E-state index is 12.4. The number of carbonyl (C=O) groups excluding carboxylic acids is 3. The Kier molecular flexibility index (Phi) is 5.82. The molecule has 3 rings (SSSR count). The van der Waals surface area contributed by atoms with Crippen molar-refractivity contribution in [2.24, 2.45) is 0 Å². The molecule has 7 heteroatoms. The maximum Gasteiger partial charge on any atom is 0.340 e. The van der Waals surface area contributed by atoms with Gasteiger partial charge in [0.05, 0.1) is 5.56 Å². The number of hydrogen-bond acceptors (Lipinski definition) is 4. The van der Waals surface area contributed by atoms with E-state index in [2.05, 4.69) is 15.2 Å². The molecule has 0 aliphatic heterocycles. The molecular weight excluding hydrogens is 358 g/mol. The van der Waals surface area contributed by atoms with Crippen LogP contribution >= 0.6 is 0 Å². The number of aryl methyl sites for hydroxylation is 1. The Bertz CT molecular complexity index is 912. The van der Waals surface area contributed by atoms with Crippen LogP contribution in [0.15, 0.2) is 30.3 Å². The molecule has 28 heavy (non-hydrogen) atoms. The van der Waals surface area contributed by atoms with E-state index in [1.165, 1.54) is 0 Å². The van der Waals surface area contributed by atoms with E-state index in [4.69, 9.17) is 4.74 Å². The highest BCUT2D eigenvalue weighted by Gasteiger charge is 2.28. The molecule has 7 nitrogen and oxygen atoms in total. The Hall–Kier alpha value is -3.09. The zero-order valence-electron chi connectivity index (χ0n) is 16.4. The summed E-state index contributed by atoms with van der Waals surface area (Å²) in [6.45, 7) is 5.83. The van der Waals surface area contributed by atoms with Crippen molar-refractivity contribution in [2.45, 2.75) is 39.7 Å². The second kappa shape index (κ2) is 8.29. The van der Waals surface area contributed by atoms with Gasteiger partial charge in [0.25, 0.3) is 11.8 Å². The largest absolute Gasteiger partial charge is 0.452 e. The summed E-state index contributed by atoms with van der Waals surface area (Å²) in [6.07, 6.45) is 2.26. The Morgan fingerprint density at radius 1 is 1.18 bits per heavy atom. The third kappa shape index (κ3) is 4.42. The molecule has 0 saturated heterocycles. The molecule has 1 heterocycles.